The van der Waals surface area contributed by atoms with Gasteiger partial charge in [-0.15, -0.1) is 0 Å². The molecule has 0 aromatic heterocycles. The number of carboxylic acids is 1. The van der Waals surface area contributed by atoms with E-state index in [1.807, 2.05) is 24.3 Å². The van der Waals surface area contributed by atoms with Gasteiger partial charge in [0.05, 0.1) is 6.54 Å². The zero-order valence-corrected chi connectivity index (χ0v) is 10.3. The molecule has 6 heteroatoms. The number of aliphatic hydroxyl groups is 1. The monoisotopic (exact) mass is 264 g/mol. The summed E-state index contributed by atoms with van der Waals surface area (Å²) in [4.78, 5) is 22.1. The maximum atomic E-state index is 11.7. The quantitative estimate of drug-likeness (QED) is 0.606. The molecule has 1 aliphatic heterocycles. The third-order valence-corrected chi connectivity index (χ3v) is 3.15. The summed E-state index contributed by atoms with van der Waals surface area (Å²) in [5.41, 5.74) is 2.13. The van der Waals surface area contributed by atoms with Gasteiger partial charge in [-0.1, -0.05) is 18.2 Å². The van der Waals surface area contributed by atoms with Gasteiger partial charge in [-0.2, -0.15) is 0 Å². The first kappa shape index (κ1) is 13.4. The summed E-state index contributed by atoms with van der Waals surface area (Å²) in [7, 11) is 0. The SMILES string of the molecule is O=C(CC1CNc2ccccc21)NC[C@H](O)C(=O)O. The van der Waals surface area contributed by atoms with Crippen LogP contribution in [0.4, 0.5) is 5.69 Å². The second-order valence-electron chi connectivity index (χ2n) is 4.53. The summed E-state index contributed by atoms with van der Waals surface area (Å²) in [6.07, 6.45) is -1.28. The third kappa shape index (κ3) is 3.23. The standard InChI is InChI=1S/C13H16N2O4/c16-11(13(18)19)7-15-12(17)5-8-6-14-10-4-2-1-3-9(8)10/h1-4,8,11,14,16H,5-7H2,(H,15,17)(H,18,19)/t8?,11-/m0/s1. The van der Waals surface area contributed by atoms with Crippen LogP contribution in [0.15, 0.2) is 24.3 Å². The fourth-order valence-electron chi connectivity index (χ4n) is 2.13. The van der Waals surface area contributed by atoms with Crippen molar-refractivity contribution in [3.63, 3.8) is 0 Å². The summed E-state index contributed by atoms with van der Waals surface area (Å²) in [5, 5.41) is 23.2. The van der Waals surface area contributed by atoms with Gasteiger partial charge in [0.25, 0.3) is 0 Å². The van der Waals surface area contributed by atoms with Gasteiger partial charge in [-0.05, 0) is 11.6 Å². The summed E-state index contributed by atoms with van der Waals surface area (Å²) >= 11 is 0. The smallest absolute Gasteiger partial charge is 0.334 e. The lowest BCUT2D eigenvalue weighted by Gasteiger charge is -2.11. The zero-order chi connectivity index (χ0) is 13.8. The highest BCUT2D eigenvalue weighted by molar-refractivity contribution is 5.79. The van der Waals surface area contributed by atoms with E-state index in [0.29, 0.717) is 6.54 Å². The van der Waals surface area contributed by atoms with Crippen molar-refractivity contribution in [3.8, 4) is 0 Å². The number of aliphatic hydroxyl groups excluding tert-OH is 1. The molecule has 1 heterocycles. The summed E-state index contributed by atoms with van der Waals surface area (Å²) in [5.74, 6) is -1.52. The molecule has 0 fully saturated rings. The minimum atomic E-state index is -1.56. The molecule has 2 atom stereocenters. The normalized spacial score (nSPS) is 18.3. The molecule has 102 valence electrons. The van der Waals surface area contributed by atoms with Gasteiger partial charge in [0.1, 0.15) is 0 Å². The molecular formula is C13H16N2O4. The molecule has 0 spiro atoms. The fraction of sp³-hybridized carbons (Fsp3) is 0.385. The minimum absolute atomic E-state index is 0.0816. The Balaban J connectivity index is 1.86. The van der Waals surface area contributed by atoms with Crippen LogP contribution < -0.4 is 10.6 Å². The number of rotatable bonds is 5. The van der Waals surface area contributed by atoms with Crippen LogP contribution in [-0.2, 0) is 9.59 Å². The van der Waals surface area contributed by atoms with E-state index in [1.165, 1.54) is 0 Å². The Kier molecular flexibility index (Phi) is 4.01. The number of benzene rings is 1. The van der Waals surface area contributed by atoms with Crippen molar-refractivity contribution >= 4 is 17.6 Å². The van der Waals surface area contributed by atoms with E-state index in [9.17, 15) is 9.59 Å². The van der Waals surface area contributed by atoms with E-state index in [4.69, 9.17) is 10.2 Å². The molecule has 0 saturated heterocycles. The van der Waals surface area contributed by atoms with Crippen LogP contribution in [0.2, 0.25) is 0 Å². The lowest BCUT2D eigenvalue weighted by molar-refractivity contribution is -0.146. The Labute approximate surface area is 110 Å². The number of hydrogen-bond donors (Lipinski definition) is 4. The van der Waals surface area contributed by atoms with Crippen LogP contribution in [0.5, 0.6) is 0 Å². The van der Waals surface area contributed by atoms with E-state index < -0.39 is 12.1 Å². The summed E-state index contributed by atoms with van der Waals surface area (Å²) in [6, 6.07) is 7.78. The van der Waals surface area contributed by atoms with Gasteiger partial charge in [0.15, 0.2) is 6.10 Å². The van der Waals surface area contributed by atoms with Crippen LogP contribution in [0.3, 0.4) is 0 Å². The highest BCUT2D eigenvalue weighted by Gasteiger charge is 2.24. The van der Waals surface area contributed by atoms with Crippen molar-refractivity contribution < 1.29 is 19.8 Å². The number of aliphatic carboxylic acids is 1. The number of anilines is 1. The molecule has 1 amide bonds. The number of nitrogens with one attached hydrogen (secondary N) is 2. The Morgan fingerprint density at radius 1 is 1.42 bits per heavy atom. The Morgan fingerprint density at radius 3 is 2.89 bits per heavy atom. The van der Waals surface area contributed by atoms with Gasteiger partial charge < -0.3 is 20.8 Å². The third-order valence-electron chi connectivity index (χ3n) is 3.15. The summed E-state index contributed by atoms with van der Waals surface area (Å²) < 4.78 is 0. The van der Waals surface area contributed by atoms with Crippen molar-refractivity contribution in [2.45, 2.75) is 18.4 Å². The molecule has 1 unspecified atom stereocenters. The van der Waals surface area contributed by atoms with Crippen LogP contribution in [-0.4, -0.2) is 41.3 Å². The minimum Gasteiger partial charge on any atom is -0.479 e. The molecule has 1 aliphatic rings. The van der Waals surface area contributed by atoms with Gasteiger partial charge in [-0.25, -0.2) is 4.79 Å². The molecule has 6 nitrogen and oxygen atoms in total. The number of amides is 1. The maximum absolute atomic E-state index is 11.7. The Hall–Kier alpha value is -2.08. The topological polar surface area (TPSA) is 98.7 Å². The van der Waals surface area contributed by atoms with E-state index in [-0.39, 0.29) is 24.8 Å². The first-order valence-corrected chi connectivity index (χ1v) is 6.08. The van der Waals surface area contributed by atoms with Crippen LogP contribution >= 0.6 is 0 Å². The largest absolute Gasteiger partial charge is 0.479 e. The second-order valence-corrected chi connectivity index (χ2v) is 4.53. The number of fused-ring (bicyclic) bond motifs is 1. The number of carbonyl (C=O) groups excluding carboxylic acids is 1. The highest BCUT2D eigenvalue weighted by Crippen LogP contribution is 2.32. The van der Waals surface area contributed by atoms with Crippen molar-refractivity contribution in [1.82, 2.24) is 5.32 Å². The van der Waals surface area contributed by atoms with Gasteiger partial charge in [0, 0.05) is 24.6 Å². The van der Waals surface area contributed by atoms with Crippen molar-refractivity contribution in [1.29, 1.82) is 0 Å². The lowest BCUT2D eigenvalue weighted by Crippen LogP contribution is -2.37. The fourth-order valence-corrected chi connectivity index (χ4v) is 2.13. The predicted octanol–water partition coefficient (Wildman–Crippen LogP) is 0.147. The van der Waals surface area contributed by atoms with Crippen LogP contribution in [0, 0.1) is 0 Å². The Morgan fingerprint density at radius 2 is 2.16 bits per heavy atom. The Bertz CT molecular complexity index is 489. The van der Waals surface area contributed by atoms with Crippen molar-refractivity contribution in [2.75, 3.05) is 18.4 Å². The molecule has 0 aliphatic carbocycles. The first-order chi connectivity index (χ1) is 9.08. The van der Waals surface area contributed by atoms with E-state index in [2.05, 4.69) is 10.6 Å². The molecule has 1 aromatic rings. The van der Waals surface area contributed by atoms with Crippen molar-refractivity contribution in [3.05, 3.63) is 29.8 Å². The van der Waals surface area contributed by atoms with Crippen LogP contribution in [0.1, 0.15) is 17.9 Å². The van der Waals surface area contributed by atoms with E-state index >= 15 is 0 Å². The molecule has 0 bridgehead atoms. The molecule has 0 radical (unpaired) electrons. The number of carbonyl (C=O) groups is 2. The average molecular weight is 264 g/mol. The lowest BCUT2D eigenvalue weighted by atomic mass is 9.97. The molecule has 19 heavy (non-hydrogen) atoms. The second kappa shape index (κ2) is 5.71. The number of para-hydroxylation sites is 1. The molecular weight excluding hydrogens is 248 g/mol. The van der Waals surface area contributed by atoms with Crippen LogP contribution in [0.25, 0.3) is 0 Å². The first-order valence-electron chi connectivity index (χ1n) is 6.08. The van der Waals surface area contributed by atoms with Gasteiger partial charge in [0.2, 0.25) is 5.91 Å². The van der Waals surface area contributed by atoms with Gasteiger partial charge >= 0.3 is 5.97 Å². The maximum Gasteiger partial charge on any atom is 0.334 e. The van der Waals surface area contributed by atoms with E-state index in [1.54, 1.807) is 0 Å². The summed E-state index contributed by atoms with van der Waals surface area (Å²) in [6.45, 7) is 0.421. The predicted molar refractivity (Wildman–Crippen MR) is 68.9 cm³/mol. The molecule has 4 N–H and O–H groups in total. The van der Waals surface area contributed by atoms with E-state index in [0.717, 1.165) is 11.3 Å². The molecule has 2 rings (SSSR count). The molecule has 0 saturated carbocycles. The average Bonchev–Trinajstić information content (AvgIpc) is 2.79. The van der Waals surface area contributed by atoms with Gasteiger partial charge in [-0.3, -0.25) is 4.79 Å². The highest BCUT2D eigenvalue weighted by atomic mass is 16.4. The number of hydrogen-bond acceptors (Lipinski definition) is 4. The molecule has 1 aromatic carbocycles. The van der Waals surface area contributed by atoms with Crippen molar-refractivity contribution in [2.24, 2.45) is 0 Å². The number of carboxylic acid groups (broad SMARTS) is 1. The zero-order valence-electron chi connectivity index (χ0n) is 10.3.